The first-order chi connectivity index (χ1) is 6.87. The van der Waals surface area contributed by atoms with Crippen LogP contribution in [0, 0.1) is 0 Å². The number of pyridine rings is 1. The third-order valence-corrected chi connectivity index (χ3v) is 1.37. The monoisotopic (exact) mass is 210 g/mol. The molecular formula is C10H14N2O3. The van der Waals surface area contributed by atoms with E-state index >= 15 is 0 Å². The fourth-order valence-electron chi connectivity index (χ4n) is 0.918. The van der Waals surface area contributed by atoms with E-state index in [0.717, 1.165) is 0 Å². The minimum absolute atomic E-state index is 0.0106. The van der Waals surface area contributed by atoms with Crippen LogP contribution in [-0.2, 0) is 4.74 Å². The molecule has 0 saturated carbocycles. The van der Waals surface area contributed by atoms with Gasteiger partial charge < -0.3 is 9.84 Å². The number of amides is 1. The first-order valence-corrected chi connectivity index (χ1v) is 4.51. The van der Waals surface area contributed by atoms with Gasteiger partial charge in [0.25, 0.3) is 0 Å². The van der Waals surface area contributed by atoms with E-state index in [1.807, 2.05) is 0 Å². The molecule has 5 heteroatoms. The Balaban J connectivity index is 2.59. The predicted octanol–water partition coefficient (Wildman–Crippen LogP) is 2.13. The number of nitrogens with zero attached hydrogens (tertiary/aromatic N) is 1. The van der Waals surface area contributed by atoms with Gasteiger partial charge in [-0.1, -0.05) is 0 Å². The first kappa shape index (κ1) is 11.3. The standard InChI is InChI=1S/C10H14N2O3/c1-10(2,3)15-9(14)12-7-4-8(13)6-11-5-7/h4-6,13H,1-3H3,(H,12,14). The molecule has 1 aromatic rings. The zero-order chi connectivity index (χ0) is 11.5. The lowest BCUT2D eigenvalue weighted by Gasteiger charge is -2.19. The average molecular weight is 210 g/mol. The lowest BCUT2D eigenvalue weighted by Crippen LogP contribution is -2.27. The molecule has 5 nitrogen and oxygen atoms in total. The Labute approximate surface area is 88.1 Å². The molecular weight excluding hydrogens is 196 g/mol. The quantitative estimate of drug-likeness (QED) is 0.744. The summed E-state index contributed by atoms with van der Waals surface area (Å²) < 4.78 is 5.02. The van der Waals surface area contributed by atoms with Crippen LogP contribution in [0.3, 0.4) is 0 Å². The van der Waals surface area contributed by atoms with Gasteiger partial charge in [-0.25, -0.2) is 4.79 Å². The SMILES string of the molecule is CC(C)(C)OC(=O)Nc1cncc(O)c1. The number of carbonyl (C=O) groups excluding carboxylic acids is 1. The number of rotatable bonds is 1. The summed E-state index contributed by atoms with van der Waals surface area (Å²) in [5, 5.41) is 11.6. The summed E-state index contributed by atoms with van der Waals surface area (Å²) >= 11 is 0. The van der Waals surface area contributed by atoms with E-state index in [9.17, 15) is 4.79 Å². The molecule has 2 N–H and O–H groups in total. The van der Waals surface area contributed by atoms with Crippen molar-refractivity contribution in [2.45, 2.75) is 26.4 Å². The summed E-state index contributed by atoms with van der Waals surface area (Å²) in [5.41, 5.74) is -0.154. The van der Waals surface area contributed by atoms with Crippen LogP contribution in [-0.4, -0.2) is 21.8 Å². The number of aromatic nitrogens is 1. The van der Waals surface area contributed by atoms with E-state index in [0.29, 0.717) is 5.69 Å². The topological polar surface area (TPSA) is 71.5 Å². The summed E-state index contributed by atoms with van der Waals surface area (Å²) in [6, 6.07) is 1.39. The normalized spacial score (nSPS) is 10.9. The summed E-state index contributed by atoms with van der Waals surface area (Å²) in [5.74, 6) is -0.0106. The van der Waals surface area contributed by atoms with Crippen molar-refractivity contribution in [3.8, 4) is 5.75 Å². The van der Waals surface area contributed by atoms with Crippen molar-refractivity contribution in [3.63, 3.8) is 0 Å². The lowest BCUT2D eigenvalue weighted by molar-refractivity contribution is 0.0636. The zero-order valence-corrected chi connectivity index (χ0v) is 8.94. The van der Waals surface area contributed by atoms with Gasteiger partial charge in [0.05, 0.1) is 18.1 Å². The van der Waals surface area contributed by atoms with Crippen LogP contribution in [0.2, 0.25) is 0 Å². The van der Waals surface area contributed by atoms with Crippen LogP contribution < -0.4 is 5.32 Å². The van der Waals surface area contributed by atoms with Crippen LogP contribution in [0.25, 0.3) is 0 Å². The molecule has 0 fully saturated rings. The Kier molecular flexibility index (Phi) is 3.14. The van der Waals surface area contributed by atoms with Crippen LogP contribution >= 0.6 is 0 Å². The third-order valence-electron chi connectivity index (χ3n) is 1.37. The highest BCUT2D eigenvalue weighted by molar-refractivity contribution is 5.84. The second-order valence-electron chi connectivity index (χ2n) is 4.06. The fourth-order valence-corrected chi connectivity index (χ4v) is 0.918. The Morgan fingerprint density at radius 2 is 2.13 bits per heavy atom. The highest BCUT2D eigenvalue weighted by Gasteiger charge is 2.16. The van der Waals surface area contributed by atoms with E-state index in [2.05, 4.69) is 10.3 Å². The minimum Gasteiger partial charge on any atom is -0.506 e. The number of hydrogen-bond acceptors (Lipinski definition) is 4. The van der Waals surface area contributed by atoms with Crippen molar-refractivity contribution in [3.05, 3.63) is 18.5 Å². The van der Waals surface area contributed by atoms with E-state index in [1.165, 1.54) is 18.5 Å². The maximum absolute atomic E-state index is 11.3. The van der Waals surface area contributed by atoms with E-state index in [4.69, 9.17) is 9.84 Å². The van der Waals surface area contributed by atoms with Gasteiger partial charge in [-0.15, -0.1) is 0 Å². The fraction of sp³-hybridized carbons (Fsp3) is 0.400. The molecule has 0 aliphatic rings. The Morgan fingerprint density at radius 3 is 2.67 bits per heavy atom. The van der Waals surface area contributed by atoms with E-state index in [1.54, 1.807) is 20.8 Å². The molecule has 0 saturated heterocycles. The number of anilines is 1. The largest absolute Gasteiger partial charge is 0.506 e. The molecule has 0 aliphatic carbocycles. The number of ether oxygens (including phenoxy) is 1. The highest BCUT2D eigenvalue weighted by Crippen LogP contribution is 2.14. The second-order valence-corrected chi connectivity index (χ2v) is 4.06. The zero-order valence-electron chi connectivity index (χ0n) is 8.94. The molecule has 1 aromatic heterocycles. The number of carbonyl (C=O) groups is 1. The Morgan fingerprint density at radius 1 is 1.47 bits per heavy atom. The molecule has 1 amide bonds. The maximum atomic E-state index is 11.3. The molecule has 0 aromatic carbocycles. The molecule has 1 rings (SSSR count). The molecule has 15 heavy (non-hydrogen) atoms. The van der Waals surface area contributed by atoms with Gasteiger partial charge in [-0.05, 0) is 20.8 Å². The van der Waals surface area contributed by atoms with Crippen LogP contribution in [0.5, 0.6) is 5.75 Å². The van der Waals surface area contributed by atoms with Gasteiger partial charge in [0.15, 0.2) is 0 Å². The molecule has 0 spiro atoms. The number of nitrogens with one attached hydrogen (secondary N) is 1. The van der Waals surface area contributed by atoms with Gasteiger partial charge >= 0.3 is 6.09 Å². The highest BCUT2D eigenvalue weighted by atomic mass is 16.6. The van der Waals surface area contributed by atoms with Crippen molar-refractivity contribution < 1.29 is 14.6 Å². The Bertz CT molecular complexity index is 358. The number of aromatic hydroxyl groups is 1. The van der Waals surface area contributed by atoms with Crippen molar-refractivity contribution >= 4 is 11.8 Å². The lowest BCUT2D eigenvalue weighted by atomic mass is 10.2. The van der Waals surface area contributed by atoms with E-state index in [-0.39, 0.29) is 5.75 Å². The molecule has 1 heterocycles. The van der Waals surface area contributed by atoms with Gasteiger partial charge in [0.1, 0.15) is 11.4 Å². The van der Waals surface area contributed by atoms with Gasteiger partial charge in [-0.3, -0.25) is 10.3 Å². The summed E-state index contributed by atoms with van der Waals surface area (Å²) in [4.78, 5) is 15.0. The molecule has 82 valence electrons. The predicted molar refractivity (Wildman–Crippen MR) is 55.8 cm³/mol. The summed E-state index contributed by atoms with van der Waals surface area (Å²) in [6.07, 6.45) is 2.12. The average Bonchev–Trinajstić information content (AvgIpc) is 1.99. The summed E-state index contributed by atoms with van der Waals surface area (Å²) in [7, 11) is 0. The van der Waals surface area contributed by atoms with Gasteiger partial charge in [-0.2, -0.15) is 0 Å². The Hall–Kier alpha value is -1.78. The maximum Gasteiger partial charge on any atom is 0.412 e. The van der Waals surface area contributed by atoms with Crippen LogP contribution in [0.15, 0.2) is 18.5 Å². The molecule has 0 aliphatic heterocycles. The first-order valence-electron chi connectivity index (χ1n) is 4.51. The molecule has 0 bridgehead atoms. The van der Waals surface area contributed by atoms with Crippen LogP contribution in [0.4, 0.5) is 10.5 Å². The van der Waals surface area contributed by atoms with E-state index < -0.39 is 11.7 Å². The van der Waals surface area contributed by atoms with Crippen molar-refractivity contribution in [2.24, 2.45) is 0 Å². The second kappa shape index (κ2) is 4.16. The van der Waals surface area contributed by atoms with Gasteiger partial charge in [0.2, 0.25) is 0 Å². The molecule has 0 unspecified atom stereocenters. The van der Waals surface area contributed by atoms with Crippen LogP contribution in [0.1, 0.15) is 20.8 Å². The summed E-state index contributed by atoms with van der Waals surface area (Å²) in [6.45, 7) is 5.31. The van der Waals surface area contributed by atoms with Crippen molar-refractivity contribution in [1.29, 1.82) is 0 Å². The molecule has 0 radical (unpaired) electrons. The number of hydrogen-bond donors (Lipinski definition) is 2. The molecule has 0 atom stereocenters. The van der Waals surface area contributed by atoms with Gasteiger partial charge in [0, 0.05) is 6.07 Å². The third kappa shape index (κ3) is 4.30. The van der Waals surface area contributed by atoms with Crippen molar-refractivity contribution in [1.82, 2.24) is 4.98 Å². The van der Waals surface area contributed by atoms with Crippen molar-refractivity contribution in [2.75, 3.05) is 5.32 Å². The minimum atomic E-state index is -0.574. The smallest absolute Gasteiger partial charge is 0.412 e.